The average Bonchev–Trinajstić information content (AvgIpc) is 2.07. The van der Waals surface area contributed by atoms with Crippen LogP contribution in [0.5, 0.6) is 0 Å². The van der Waals surface area contributed by atoms with E-state index < -0.39 is 29.4 Å². The Morgan fingerprint density at radius 1 is 0.727 bits per heavy atom. The summed E-state index contributed by atoms with van der Waals surface area (Å²) in [5.41, 5.74) is 0. The molecule has 11 heavy (non-hydrogen) atoms. The van der Waals surface area contributed by atoms with Crippen molar-refractivity contribution in [2.24, 2.45) is 0 Å². The summed E-state index contributed by atoms with van der Waals surface area (Å²) < 4.78 is 6.18. The van der Waals surface area contributed by atoms with Crippen molar-refractivity contribution in [2.45, 2.75) is 48.7 Å². The van der Waals surface area contributed by atoms with E-state index in [-0.39, 0.29) is 0 Å². The van der Waals surface area contributed by atoms with Crippen molar-refractivity contribution < 1.29 is 2.79 Å². The summed E-state index contributed by atoms with van der Waals surface area (Å²) >= 11 is -1.93. The first-order valence-corrected chi connectivity index (χ1v) is 12.3. The van der Waals surface area contributed by atoms with Crippen molar-refractivity contribution in [2.75, 3.05) is 0 Å². The first-order chi connectivity index (χ1) is 5.28. The van der Waals surface area contributed by atoms with Crippen LogP contribution in [-0.4, -0.2) is 29.4 Å². The molecule has 3 heteroatoms. The van der Waals surface area contributed by atoms with E-state index in [1.54, 1.807) is 0 Å². The van der Waals surface area contributed by atoms with Gasteiger partial charge in [0.25, 0.3) is 0 Å². The van der Waals surface area contributed by atoms with E-state index in [4.69, 9.17) is 2.79 Å². The topological polar surface area (TPSA) is 9.23 Å². The van der Waals surface area contributed by atoms with Crippen molar-refractivity contribution in [3.8, 4) is 0 Å². The third-order valence-electron chi connectivity index (χ3n) is 1.87. The van der Waals surface area contributed by atoms with Crippen LogP contribution in [0.4, 0.5) is 0 Å². The fourth-order valence-electron chi connectivity index (χ4n) is 0.993. The molecule has 0 aromatic carbocycles. The Bertz CT molecular complexity index is 70.2. The molecule has 0 aliphatic heterocycles. The van der Waals surface area contributed by atoms with Gasteiger partial charge in [0.05, 0.1) is 0 Å². The van der Waals surface area contributed by atoms with Gasteiger partial charge in [-0.05, 0) is 0 Å². The van der Waals surface area contributed by atoms with Crippen LogP contribution in [-0.2, 0) is 2.79 Å². The van der Waals surface area contributed by atoms with Crippen LogP contribution in [0, 0.1) is 0 Å². The zero-order chi connectivity index (χ0) is 8.69. The Morgan fingerprint density at radius 3 is 1.18 bits per heavy atom. The van der Waals surface area contributed by atoms with Crippen LogP contribution in [0.1, 0.15) is 27.7 Å². The molecule has 1 nitrogen and oxygen atoms in total. The van der Waals surface area contributed by atoms with Gasteiger partial charge in [0.1, 0.15) is 0 Å². The molecule has 0 fully saturated rings. The van der Waals surface area contributed by atoms with Crippen molar-refractivity contribution in [1.29, 1.82) is 0 Å². The third kappa shape index (κ3) is 5.31. The summed E-state index contributed by atoms with van der Waals surface area (Å²) in [7, 11) is 0. The molecule has 0 heterocycles. The maximum absolute atomic E-state index is 6.18. The van der Waals surface area contributed by atoms with Gasteiger partial charge in [0.15, 0.2) is 0 Å². The Hall–Kier alpha value is 1.05. The SMILES string of the molecule is C[CH2][Ge]([CH2]C)[O][Ge]([CH2]C)[CH2]C. The van der Waals surface area contributed by atoms with E-state index in [0.717, 1.165) is 0 Å². The van der Waals surface area contributed by atoms with Crippen molar-refractivity contribution in [3.05, 3.63) is 0 Å². The minimum atomic E-state index is -0.965. The first-order valence-electron chi connectivity index (χ1n) is 4.65. The molecule has 0 N–H and O–H groups in total. The van der Waals surface area contributed by atoms with Gasteiger partial charge in [0, 0.05) is 0 Å². The number of hydrogen-bond donors (Lipinski definition) is 0. The zero-order valence-corrected chi connectivity index (χ0v) is 12.4. The van der Waals surface area contributed by atoms with E-state index in [2.05, 4.69) is 27.7 Å². The van der Waals surface area contributed by atoms with Gasteiger partial charge in [-0.2, -0.15) is 0 Å². The summed E-state index contributed by atoms with van der Waals surface area (Å²) in [4.78, 5) is 0. The Morgan fingerprint density at radius 2 is 1.00 bits per heavy atom. The fourth-order valence-corrected chi connectivity index (χ4v) is 15.9. The van der Waals surface area contributed by atoms with Gasteiger partial charge >= 0.3 is 80.9 Å². The van der Waals surface area contributed by atoms with Crippen LogP contribution >= 0.6 is 0 Å². The molecule has 0 rings (SSSR count). The Labute approximate surface area is 80.8 Å². The molecule has 0 aromatic heterocycles. The molecular weight excluding hydrogens is 257 g/mol. The molecule has 0 atom stereocenters. The van der Waals surface area contributed by atoms with E-state index in [1.807, 2.05) is 0 Å². The van der Waals surface area contributed by atoms with Crippen molar-refractivity contribution in [1.82, 2.24) is 0 Å². The zero-order valence-electron chi connectivity index (χ0n) is 8.24. The molecule has 0 saturated carbocycles. The summed E-state index contributed by atoms with van der Waals surface area (Å²) in [5, 5.41) is 5.42. The van der Waals surface area contributed by atoms with Crippen LogP contribution in [0.3, 0.4) is 0 Å². The molecule has 0 unspecified atom stereocenters. The number of rotatable bonds is 6. The van der Waals surface area contributed by atoms with E-state index >= 15 is 0 Å². The molecule has 0 bridgehead atoms. The van der Waals surface area contributed by atoms with Gasteiger partial charge < -0.3 is 0 Å². The average molecular weight is 277 g/mol. The molecule has 0 aliphatic rings. The van der Waals surface area contributed by atoms with Crippen molar-refractivity contribution >= 4 is 29.4 Å². The molecule has 0 aromatic rings. The Balaban J connectivity index is 3.58. The number of hydrogen-bond acceptors (Lipinski definition) is 1. The quantitative estimate of drug-likeness (QED) is 0.678. The molecule has 0 amide bonds. The van der Waals surface area contributed by atoms with Crippen LogP contribution in [0.2, 0.25) is 21.0 Å². The van der Waals surface area contributed by atoms with Gasteiger partial charge in [-0.1, -0.05) is 0 Å². The molecule has 0 spiro atoms. The second-order valence-electron chi connectivity index (χ2n) is 2.59. The van der Waals surface area contributed by atoms with Crippen LogP contribution in [0.25, 0.3) is 0 Å². The van der Waals surface area contributed by atoms with Gasteiger partial charge in [0.2, 0.25) is 0 Å². The minimum absolute atomic E-state index is 0.965. The second-order valence-corrected chi connectivity index (χ2v) is 15.7. The molecule has 0 aliphatic carbocycles. The Kier molecular flexibility index (Phi) is 8.41. The van der Waals surface area contributed by atoms with Crippen LogP contribution in [0.15, 0.2) is 0 Å². The summed E-state index contributed by atoms with van der Waals surface area (Å²) in [6, 6.07) is 0. The summed E-state index contributed by atoms with van der Waals surface area (Å²) in [6.45, 7) is 9.17. The molecule has 66 valence electrons. The standard InChI is InChI=1S/C8H20Ge2O/c1-5-9(6-2)11-10(7-3)8-4/h5-8H2,1-4H3. The van der Waals surface area contributed by atoms with Crippen LogP contribution < -0.4 is 0 Å². The van der Waals surface area contributed by atoms with E-state index in [9.17, 15) is 0 Å². The third-order valence-corrected chi connectivity index (χ3v) is 16.0. The predicted molar refractivity (Wildman–Crippen MR) is 54.5 cm³/mol. The van der Waals surface area contributed by atoms with E-state index in [0.29, 0.717) is 0 Å². The molecular formula is C8H20Ge2O. The maximum atomic E-state index is 6.18. The second kappa shape index (κ2) is 7.68. The summed E-state index contributed by atoms with van der Waals surface area (Å²) in [6.07, 6.45) is 0. The normalized spacial score (nSPS) is 11.5. The van der Waals surface area contributed by atoms with Gasteiger partial charge in [-0.15, -0.1) is 0 Å². The molecule has 0 saturated heterocycles. The van der Waals surface area contributed by atoms with E-state index in [1.165, 1.54) is 21.0 Å². The van der Waals surface area contributed by atoms with Crippen molar-refractivity contribution in [3.63, 3.8) is 0 Å². The molecule has 2 radical (unpaired) electrons. The summed E-state index contributed by atoms with van der Waals surface area (Å²) in [5.74, 6) is 0. The van der Waals surface area contributed by atoms with Gasteiger partial charge in [-0.25, -0.2) is 0 Å². The monoisotopic (exact) mass is 280 g/mol. The fraction of sp³-hybridized carbons (Fsp3) is 1.00. The van der Waals surface area contributed by atoms with Gasteiger partial charge in [-0.3, -0.25) is 0 Å². The first kappa shape index (κ1) is 12.0. The predicted octanol–water partition coefficient (Wildman–Crippen LogP) is 3.07.